The van der Waals surface area contributed by atoms with Crippen molar-refractivity contribution in [2.75, 3.05) is 10.6 Å². The predicted octanol–water partition coefficient (Wildman–Crippen LogP) is 5.24. The van der Waals surface area contributed by atoms with Crippen molar-refractivity contribution >= 4 is 55.0 Å². The molecule has 0 atom stereocenters. The zero-order chi connectivity index (χ0) is 18.5. The smallest absolute Gasteiger partial charge is 0.291 e. The summed E-state index contributed by atoms with van der Waals surface area (Å²) in [5, 5.41) is 5.58. The molecule has 3 aromatic rings. The van der Waals surface area contributed by atoms with E-state index in [-0.39, 0.29) is 24.0 Å². The first-order valence-corrected chi connectivity index (χ1v) is 9.29. The van der Waals surface area contributed by atoms with Crippen LogP contribution in [0.25, 0.3) is 0 Å². The third-order valence-corrected chi connectivity index (χ3v) is 4.46. The molecule has 1 aromatic heterocycles. The fourth-order valence-electron chi connectivity index (χ4n) is 2.26. The lowest BCUT2D eigenvalue weighted by Crippen LogP contribution is -2.14. The molecule has 3 rings (SSSR count). The average molecular weight is 478 g/mol. The quantitative estimate of drug-likeness (QED) is 0.527. The Labute approximate surface area is 167 Å². The van der Waals surface area contributed by atoms with Crippen LogP contribution in [0.4, 0.5) is 11.4 Å². The number of carbonyl (C=O) groups excluding carboxylic acids is 2. The van der Waals surface area contributed by atoms with E-state index in [1.54, 1.807) is 36.4 Å². The second-order valence-electron chi connectivity index (χ2n) is 5.49. The van der Waals surface area contributed by atoms with E-state index in [4.69, 9.17) is 4.42 Å². The summed E-state index contributed by atoms with van der Waals surface area (Å²) >= 11 is 6.51. The first-order chi connectivity index (χ1) is 12.5. The highest BCUT2D eigenvalue weighted by Crippen LogP contribution is 2.17. The van der Waals surface area contributed by atoms with E-state index in [9.17, 15) is 9.59 Å². The summed E-state index contributed by atoms with van der Waals surface area (Å²) in [5.74, 6) is -0.226. The number of rotatable bonds is 5. The zero-order valence-electron chi connectivity index (χ0n) is 13.5. The summed E-state index contributed by atoms with van der Waals surface area (Å²) in [7, 11) is 0. The van der Waals surface area contributed by atoms with Crippen molar-refractivity contribution in [3.8, 4) is 0 Å². The third kappa shape index (κ3) is 5.06. The highest BCUT2D eigenvalue weighted by Gasteiger charge is 2.11. The Morgan fingerprint density at radius 3 is 2.04 bits per heavy atom. The van der Waals surface area contributed by atoms with Crippen LogP contribution in [0.2, 0.25) is 0 Å². The van der Waals surface area contributed by atoms with Crippen LogP contribution >= 0.6 is 31.9 Å². The van der Waals surface area contributed by atoms with Crippen molar-refractivity contribution in [3.05, 3.63) is 81.1 Å². The van der Waals surface area contributed by atoms with E-state index in [0.29, 0.717) is 10.4 Å². The molecule has 0 spiro atoms. The minimum atomic E-state index is -0.337. The molecule has 0 saturated carbocycles. The van der Waals surface area contributed by atoms with Gasteiger partial charge in [-0.15, -0.1) is 0 Å². The van der Waals surface area contributed by atoms with Gasteiger partial charge in [0.2, 0.25) is 5.91 Å². The minimum Gasteiger partial charge on any atom is -0.444 e. The molecule has 0 bridgehead atoms. The van der Waals surface area contributed by atoms with Crippen molar-refractivity contribution in [3.63, 3.8) is 0 Å². The number of benzene rings is 2. The van der Waals surface area contributed by atoms with Gasteiger partial charge in [0, 0.05) is 15.8 Å². The van der Waals surface area contributed by atoms with E-state index < -0.39 is 0 Å². The van der Waals surface area contributed by atoms with Crippen molar-refractivity contribution < 1.29 is 14.0 Å². The van der Waals surface area contributed by atoms with Gasteiger partial charge in [-0.3, -0.25) is 9.59 Å². The van der Waals surface area contributed by atoms with Crippen LogP contribution in [-0.2, 0) is 11.2 Å². The van der Waals surface area contributed by atoms with Gasteiger partial charge in [-0.05, 0) is 70.0 Å². The molecule has 2 N–H and O–H groups in total. The van der Waals surface area contributed by atoms with E-state index >= 15 is 0 Å². The molecule has 2 amide bonds. The van der Waals surface area contributed by atoms with E-state index in [0.717, 1.165) is 15.7 Å². The highest BCUT2D eigenvalue weighted by molar-refractivity contribution is 9.10. The number of furan rings is 1. The van der Waals surface area contributed by atoms with Gasteiger partial charge in [-0.25, -0.2) is 0 Å². The average Bonchev–Trinajstić information content (AvgIpc) is 3.05. The third-order valence-electron chi connectivity index (χ3n) is 3.50. The molecule has 2 aromatic carbocycles. The number of carbonyl (C=O) groups is 2. The Hall–Kier alpha value is -2.38. The molecule has 1 heterocycles. The molecule has 0 aliphatic carbocycles. The summed E-state index contributed by atoms with van der Waals surface area (Å²) in [4.78, 5) is 24.1. The van der Waals surface area contributed by atoms with Crippen LogP contribution in [0.5, 0.6) is 0 Å². The fraction of sp³-hybridized carbons (Fsp3) is 0.0526. The standard InChI is InChI=1S/C19H14Br2N2O3/c20-13-3-7-14(8-4-13)22-18(24)11-12-1-5-15(6-2-12)23-19(25)16-9-10-17(21)26-16/h1-10H,11H2,(H,22,24)(H,23,25). The van der Waals surface area contributed by atoms with Gasteiger partial charge in [-0.1, -0.05) is 28.1 Å². The number of amides is 2. The van der Waals surface area contributed by atoms with Crippen LogP contribution in [0.15, 0.2) is 74.2 Å². The Kier molecular flexibility index (Phi) is 5.90. The normalized spacial score (nSPS) is 10.4. The van der Waals surface area contributed by atoms with Crippen LogP contribution in [0.3, 0.4) is 0 Å². The SMILES string of the molecule is O=C(Cc1ccc(NC(=O)c2ccc(Br)o2)cc1)Nc1ccc(Br)cc1. The molecule has 26 heavy (non-hydrogen) atoms. The molecule has 0 aliphatic heterocycles. The molecule has 5 nitrogen and oxygen atoms in total. The Morgan fingerprint density at radius 2 is 1.42 bits per heavy atom. The monoisotopic (exact) mass is 476 g/mol. The van der Waals surface area contributed by atoms with Crippen LogP contribution in [-0.4, -0.2) is 11.8 Å². The predicted molar refractivity (Wildman–Crippen MR) is 107 cm³/mol. The molecule has 132 valence electrons. The van der Waals surface area contributed by atoms with Gasteiger partial charge < -0.3 is 15.1 Å². The number of hydrogen-bond acceptors (Lipinski definition) is 3. The minimum absolute atomic E-state index is 0.107. The van der Waals surface area contributed by atoms with Gasteiger partial charge in [0.1, 0.15) is 0 Å². The van der Waals surface area contributed by atoms with Crippen LogP contribution < -0.4 is 10.6 Å². The number of nitrogens with one attached hydrogen (secondary N) is 2. The molecule has 7 heteroatoms. The fourth-order valence-corrected chi connectivity index (χ4v) is 2.83. The largest absolute Gasteiger partial charge is 0.444 e. The molecule has 0 radical (unpaired) electrons. The second kappa shape index (κ2) is 8.33. The lowest BCUT2D eigenvalue weighted by molar-refractivity contribution is -0.115. The first kappa shape index (κ1) is 18.4. The Morgan fingerprint density at radius 1 is 0.808 bits per heavy atom. The lowest BCUT2D eigenvalue weighted by Gasteiger charge is -2.07. The molecule has 0 saturated heterocycles. The van der Waals surface area contributed by atoms with E-state index in [1.807, 2.05) is 24.3 Å². The van der Waals surface area contributed by atoms with Gasteiger partial charge in [0.25, 0.3) is 5.91 Å². The molecule has 0 unspecified atom stereocenters. The second-order valence-corrected chi connectivity index (χ2v) is 7.18. The van der Waals surface area contributed by atoms with Crippen molar-refractivity contribution in [1.29, 1.82) is 0 Å². The maximum atomic E-state index is 12.1. The highest BCUT2D eigenvalue weighted by atomic mass is 79.9. The Balaban J connectivity index is 1.56. The number of hydrogen-bond donors (Lipinski definition) is 2. The number of halogens is 2. The van der Waals surface area contributed by atoms with Crippen molar-refractivity contribution in [2.24, 2.45) is 0 Å². The summed E-state index contributed by atoms with van der Waals surface area (Å²) < 4.78 is 6.66. The van der Waals surface area contributed by atoms with Crippen molar-refractivity contribution in [2.45, 2.75) is 6.42 Å². The maximum Gasteiger partial charge on any atom is 0.291 e. The van der Waals surface area contributed by atoms with Gasteiger partial charge >= 0.3 is 0 Å². The van der Waals surface area contributed by atoms with Gasteiger partial charge in [-0.2, -0.15) is 0 Å². The molecular formula is C19H14Br2N2O3. The lowest BCUT2D eigenvalue weighted by atomic mass is 10.1. The number of anilines is 2. The maximum absolute atomic E-state index is 12.1. The zero-order valence-corrected chi connectivity index (χ0v) is 16.6. The van der Waals surface area contributed by atoms with Gasteiger partial charge in [0.15, 0.2) is 10.4 Å². The topological polar surface area (TPSA) is 71.3 Å². The summed E-state index contributed by atoms with van der Waals surface area (Å²) in [6, 6.07) is 17.7. The Bertz CT molecular complexity index is 919. The van der Waals surface area contributed by atoms with Crippen LogP contribution in [0.1, 0.15) is 16.1 Å². The summed E-state index contributed by atoms with van der Waals surface area (Å²) in [5.41, 5.74) is 2.21. The van der Waals surface area contributed by atoms with Crippen LogP contribution in [0, 0.1) is 0 Å². The van der Waals surface area contributed by atoms with Gasteiger partial charge in [0.05, 0.1) is 6.42 Å². The molecular weight excluding hydrogens is 464 g/mol. The molecule has 0 aliphatic rings. The van der Waals surface area contributed by atoms with Crippen molar-refractivity contribution in [1.82, 2.24) is 0 Å². The van der Waals surface area contributed by atoms with E-state index in [2.05, 4.69) is 42.5 Å². The summed E-state index contributed by atoms with van der Waals surface area (Å²) in [6.45, 7) is 0. The summed E-state index contributed by atoms with van der Waals surface area (Å²) in [6.07, 6.45) is 0.245. The van der Waals surface area contributed by atoms with E-state index in [1.165, 1.54) is 0 Å². The molecule has 0 fully saturated rings. The first-order valence-electron chi connectivity index (χ1n) is 7.70.